The molecule has 16 amide bonds. The Morgan fingerprint density at radius 1 is 0.424 bits per heavy atom. The maximum Gasteiger partial charge on any atom is 0.327 e. The SMILES string of the molecule is N=C(N)NCCCC1NC(=O)C(Cc2ccccc2)NC(=O)[C@H](Cc2ccccc2)NC(=O)[C@@H](N)CSSC[C@@H](C(=O)O)NC(=O)C(Cc2ccc(O)cc2)NC(=O)[C@H](CCCNC(=N)N)NC(=O)[C@@H]2CCCN2C(=O)[C@H](CC(N)=O)NC(=O)C(Cc2c[nH]cn2)NC(=O)[C@H](CC(N)=O)NC(=O)C(Cc2ccccc2)NC(=O)[C@H](Cc2ccccc2)NC(=O)CNC(=O)CNC1=O. The fourth-order valence-corrected chi connectivity index (χ4v) is 16.3. The van der Waals surface area contributed by atoms with Crippen LogP contribution in [-0.2, 0) is 120 Å². The van der Waals surface area contributed by atoms with E-state index in [0.717, 1.165) is 26.5 Å². The number of H-pyrrole nitrogens is 1. The van der Waals surface area contributed by atoms with Crippen molar-refractivity contribution in [2.24, 2.45) is 28.7 Å². The molecular weight excluding hydrogens is 1750 g/mol. The highest BCUT2D eigenvalue weighted by molar-refractivity contribution is 8.76. The van der Waals surface area contributed by atoms with E-state index in [0.29, 0.717) is 27.8 Å². The van der Waals surface area contributed by atoms with Gasteiger partial charge in [0.15, 0.2) is 11.9 Å². The van der Waals surface area contributed by atoms with Gasteiger partial charge >= 0.3 is 5.97 Å². The number of carboxylic acid groups (broad SMARTS) is 1. The molecule has 30 N–H and O–H groups in total. The number of aromatic amines is 1. The van der Waals surface area contributed by atoms with Crippen LogP contribution >= 0.6 is 21.6 Å². The van der Waals surface area contributed by atoms with Gasteiger partial charge in [-0.05, 0) is 78.5 Å². The number of primary amides is 2. The van der Waals surface area contributed by atoms with Crippen LogP contribution in [0.1, 0.15) is 84.9 Å². The molecule has 0 bridgehead atoms. The van der Waals surface area contributed by atoms with Gasteiger partial charge in [-0.15, -0.1) is 0 Å². The largest absolute Gasteiger partial charge is 0.508 e. The number of aliphatic carboxylic acids is 1. The molecule has 2 fully saturated rings. The number of phenols is 1. The number of hydrogen-bond acceptors (Lipinski definition) is 24. The number of nitrogens with two attached hydrogens (primary N) is 5. The lowest BCUT2D eigenvalue weighted by Gasteiger charge is -2.31. The molecule has 13 atom stereocenters. The van der Waals surface area contributed by atoms with Crippen LogP contribution in [0.2, 0.25) is 0 Å². The topological polar surface area (TPSA) is 721 Å². The smallest absolute Gasteiger partial charge is 0.327 e. The first kappa shape index (κ1) is 103. The summed E-state index contributed by atoms with van der Waals surface area (Å²) in [6, 6.07) is 17.5. The molecule has 706 valence electrons. The lowest BCUT2D eigenvalue weighted by Crippen LogP contribution is -2.61. The molecule has 0 aliphatic carbocycles. The monoisotopic (exact) mass is 1860 g/mol. The molecule has 5 unspecified atom stereocenters. The molecule has 46 heteroatoms. The van der Waals surface area contributed by atoms with Gasteiger partial charge in [-0.2, -0.15) is 0 Å². The van der Waals surface area contributed by atoms with Crippen LogP contribution in [0, 0.1) is 10.8 Å². The molecule has 8 rings (SSSR count). The van der Waals surface area contributed by atoms with E-state index in [1.807, 2.05) is 0 Å². The van der Waals surface area contributed by atoms with E-state index in [2.05, 4.69) is 89.7 Å². The van der Waals surface area contributed by atoms with Crippen molar-refractivity contribution in [1.29, 1.82) is 10.8 Å². The number of amides is 16. The predicted molar refractivity (Wildman–Crippen MR) is 483 cm³/mol. The molecule has 2 aliphatic rings. The number of phenolic OH excluding ortho intramolecular Hbond substituents is 1. The maximum absolute atomic E-state index is 15.0. The van der Waals surface area contributed by atoms with E-state index >= 15 is 0 Å². The second-order valence-electron chi connectivity index (χ2n) is 31.1. The first-order chi connectivity index (χ1) is 63.1. The van der Waals surface area contributed by atoms with Gasteiger partial charge in [-0.3, -0.25) is 87.5 Å². The molecule has 1 aromatic heterocycles. The zero-order chi connectivity index (χ0) is 95.8. The molecule has 2 aliphatic heterocycles. The van der Waals surface area contributed by atoms with Gasteiger partial charge in [0.2, 0.25) is 94.5 Å². The maximum atomic E-state index is 15.0. The number of carboxylic acids is 1. The first-order valence-corrected chi connectivity index (χ1v) is 44.7. The number of benzene rings is 5. The first-order valence-electron chi connectivity index (χ1n) is 42.2. The lowest BCUT2D eigenvalue weighted by molar-refractivity contribution is -0.143. The highest BCUT2D eigenvalue weighted by atomic mass is 33.1. The van der Waals surface area contributed by atoms with Crippen molar-refractivity contribution in [1.82, 2.24) is 94.6 Å². The Morgan fingerprint density at radius 2 is 0.795 bits per heavy atom. The summed E-state index contributed by atoms with van der Waals surface area (Å²) in [5.41, 5.74) is 31.5. The number of nitrogens with one attached hydrogen (secondary N) is 18. The number of aromatic hydroxyl groups is 1. The molecule has 2 saturated heterocycles. The van der Waals surface area contributed by atoms with Crippen LogP contribution in [0.5, 0.6) is 5.75 Å². The Kier molecular flexibility index (Phi) is 41.0. The number of carbonyl (C=O) groups excluding carboxylic acids is 16. The summed E-state index contributed by atoms with van der Waals surface area (Å²) in [4.78, 5) is 252. The van der Waals surface area contributed by atoms with Crippen LogP contribution in [0.25, 0.3) is 0 Å². The molecule has 0 radical (unpaired) electrons. The summed E-state index contributed by atoms with van der Waals surface area (Å²) in [5, 5.41) is 74.6. The quantitative estimate of drug-likeness (QED) is 0.0110. The third-order valence-corrected chi connectivity index (χ3v) is 23.3. The van der Waals surface area contributed by atoms with Crippen molar-refractivity contribution in [2.75, 3.05) is 44.2 Å². The fourth-order valence-electron chi connectivity index (χ4n) is 14.0. The van der Waals surface area contributed by atoms with Crippen molar-refractivity contribution >= 4 is 134 Å². The number of rotatable bonds is 25. The van der Waals surface area contributed by atoms with E-state index in [-0.39, 0.29) is 107 Å². The van der Waals surface area contributed by atoms with Gasteiger partial charge in [0.05, 0.1) is 44.0 Å². The summed E-state index contributed by atoms with van der Waals surface area (Å²) >= 11 is 0. The van der Waals surface area contributed by atoms with E-state index in [9.17, 15) is 91.7 Å². The van der Waals surface area contributed by atoms with Gasteiger partial charge in [0.1, 0.15) is 78.3 Å². The van der Waals surface area contributed by atoms with Gasteiger partial charge in [-0.1, -0.05) is 155 Å². The van der Waals surface area contributed by atoms with Crippen molar-refractivity contribution in [2.45, 2.75) is 168 Å². The van der Waals surface area contributed by atoms with Gasteiger partial charge < -0.3 is 129 Å². The summed E-state index contributed by atoms with van der Waals surface area (Å²) in [6.07, 6.45) is -1.37. The van der Waals surface area contributed by atoms with Crippen LogP contribution in [0.3, 0.4) is 0 Å². The van der Waals surface area contributed by atoms with Crippen LogP contribution < -0.4 is 108 Å². The molecule has 0 saturated carbocycles. The molecule has 44 nitrogen and oxygen atoms in total. The van der Waals surface area contributed by atoms with Gasteiger partial charge in [0.25, 0.3) is 0 Å². The lowest BCUT2D eigenvalue weighted by atomic mass is 10.0. The summed E-state index contributed by atoms with van der Waals surface area (Å²) in [7, 11) is 1.78. The molecule has 0 spiro atoms. The minimum Gasteiger partial charge on any atom is -0.508 e. The Morgan fingerprint density at radius 3 is 1.24 bits per heavy atom. The number of imidazole rings is 1. The fraction of sp³-hybridized carbons (Fsp3) is 0.395. The van der Waals surface area contributed by atoms with Crippen molar-refractivity contribution in [3.8, 4) is 5.75 Å². The zero-order valence-corrected chi connectivity index (χ0v) is 73.4. The second-order valence-corrected chi connectivity index (χ2v) is 33.7. The average Bonchev–Trinajstić information content (AvgIpc) is 1.64. The van der Waals surface area contributed by atoms with Crippen molar-refractivity contribution in [3.05, 3.63) is 192 Å². The highest BCUT2D eigenvalue weighted by Gasteiger charge is 2.43. The molecule has 132 heavy (non-hydrogen) atoms. The van der Waals surface area contributed by atoms with E-state index < -0.39 is 229 Å². The van der Waals surface area contributed by atoms with Crippen LogP contribution in [-0.4, -0.2) is 260 Å². The summed E-state index contributed by atoms with van der Waals surface area (Å²) in [6.45, 7) is -1.86. The van der Waals surface area contributed by atoms with E-state index in [1.54, 1.807) is 121 Å². The van der Waals surface area contributed by atoms with E-state index in [1.165, 1.54) is 36.8 Å². The van der Waals surface area contributed by atoms with Crippen molar-refractivity contribution < 1.29 is 91.7 Å². The summed E-state index contributed by atoms with van der Waals surface area (Å²) < 4.78 is 0. The number of guanidine groups is 2. The minimum atomic E-state index is -1.96. The van der Waals surface area contributed by atoms with Gasteiger partial charge in [0, 0.05) is 75.9 Å². The van der Waals surface area contributed by atoms with Crippen LogP contribution in [0.4, 0.5) is 0 Å². The number of nitrogens with zero attached hydrogens (tertiary/aromatic N) is 2. The molecule has 3 heterocycles. The molecule has 5 aromatic carbocycles. The number of carbonyl (C=O) groups is 17. The minimum absolute atomic E-state index is 0.00320. The molecular formula is C86H111N25O19S2. The van der Waals surface area contributed by atoms with Gasteiger partial charge in [-0.25, -0.2) is 9.78 Å². The zero-order valence-electron chi connectivity index (χ0n) is 71.8. The average molecular weight is 1860 g/mol. The third kappa shape index (κ3) is 35.1. The number of fused-ring (bicyclic) bond motifs is 1. The normalized spacial score (nSPS) is 23.1. The Bertz CT molecular complexity index is 5000. The second kappa shape index (κ2) is 52.7. The summed E-state index contributed by atoms with van der Waals surface area (Å²) in [5.74, 6) is -19.8. The van der Waals surface area contributed by atoms with E-state index in [4.69, 9.17) is 39.5 Å². The third-order valence-electron chi connectivity index (χ3n) is 20.8. The Labute approximate surface area is 766 Å². The Balaban J connectivity index is 1.13. The molecule has 6 aromatic rings. The van der Waals surface area contributed by atoms with Crippen molar-refractivity contribution in [3.63, 3.8) is 0 Å². The highest BCUT2D eigenvalue weighted by Crippen LogP contribution is 2.25. The Hall–Kier alpha value is -14.7. The number of hydrogen-bond donors (Lipinski definition) is 25. The predicted octanol–water partition coefficient (Wildman–Crippen LogP) is -5.49. The van der Waals surface area contributed by atoms with Crippen LogP contribution in [0.15, 0.2) is 158 Å². The number of aromatic nitrogens is 2. The standard InChI is InChI=1S/C86H111N25O19S2/c87-55-45-131-132-46-66(84(129)130)110-79(124)62(38-52-27-29-54(112)30-28-52)104-74(119)57(25-14-32-96-86(92)93)102-82(127)67-26-15-33-111(67)83(128)65(41-69(89)114)109-80(125)63(39-53-42-94-47-99-53)107-81(126)64(40-68(88)113)108-78(123)61(37-51-22-11-4-12-23-51)105-75(120)58(34-48-16-5-1-6-17-48)100-71(116)44-97-70(115)43-98-73(118)56(24-13-31-95-85(90)91)101-76(121)60(36-50-20-9-3-10-21-50)106-77(122)59(103-72(55)117)35-49-18-7-2-8-19-49/h1-12,16-23,27-30,42,47,55-67,112H,13-15,24-26,31-41,43-46,87H2,(H2,88,113)(H2,89,114)(H,94,99)(H,97,115)(H,98,118)(H,100,116)(H,101,121)(H,102,127)(H,103,117)(H,104,119)(H,105,120)(H,106,122)(H,107,126)(H,108,123)(H,109,125)(H,110,124)(H,129,130)(H4,90,91,95)(H4,92,93,96)/t55-,56?,57-,58-,59-,60?,61?,62?,63?,64-,65-,66-,67-/m0/s1.